The van der Waals surface area contributed by atoms with Crippen LogP contribution in [0.15, 0.2) is 23.1 Å². The van der Waals surface area contributed by atoms with Crippen LogP contribution in [0.1, 0.15) is 31.7 Å². The summed E-state index contributed by atoms with van der Waals surface area (Å²) in [5.41, 5.74) is 2.75. The van der Waals surface area contributed by atoms with E-state index >= 15 is 0 Å². The number of benzene rings is 1. The van der Waals surface area contributed by atoms with Gasteiger partial charge in [-0.15, -0.1) is 11.8 Å². The molecule has 94 valence electrons. The fourth-order valence-electron chi connectivity index (χ4n) is 2.06. The Kier molecular flexibility index (Phi) is 4.35. The average Bonchev–Trinajstić information content (AvgIpc) is 2.35. The zero-order valence-electron chi connectivity index (χ0n) is 10.9. The highest BCUT2D eigenvalue weighted by Crippen LogP contribution is 2.35. The lowest BCUT2D eigenvalue weighted by molar-refractivity contribution is 0.657. The van der Waals surface area contributed by atoms with Gasteiger partial charge in [0.1, 0.15) is 0 Å². The highest BCUT2D eigenvalue weighted by molar-refractivity contribution is 7.99. The Morgan fingerprint density at radius 3 is 3.00 bits per heavy atom. The van der Waals surface area contributed by atoms with Crippen LogP contribution in [0.2, 0.25) is 0 Å². The van der Waals surface area contributed by atoms with E-state index in [1.54, 1.807) is 0 Å². The summed E-state index contributed by atoms with van der Waals surface area (Å²) in [6.45, 7) is 5.58. The third kappa shape index (κ3) is 3.17. The summed E-state index contributed by atoms with van der Waals surface area (Å²) >= 11 is 1.99. The van der Waals surface area contributed by atoms with Gasteiger partial charge in [-0.25, -0.2) is 0 Å². The maximum Gasteiger partial charge on any atom is 0.0481 e. The second-order valence-corrected chi connectivity index (χ2v) is 6.02. The first-order chi connectivity index (χ1) is 8.20. The standard InChI is InChI=1S/C14H22N2S/c1-10(2)11-4-5-13-14(8-11)17-9-12(16-13)6-7-15-3/h4-5,8,10,12,15-16H,6-7,9H2,1-3H3. The van der Waals surface area contributed by atoms with Crippen molar-refractivity contribution in [2.45, 2.75) is 37.1 Å². The Balaban J connectivity index is 2.06. The molecule has 3 heteroatoms. The Hall–Kier alpha value is -0.670. The van der Waals surface area contributed by atoms with Gasteiger partial charge in [0.2, 0.25) is 0 Å². The molecule has 1 aliphatic heterocycles. The Bertz CT molecular complexity index is 376. The smallest absolute Gasteiger partial charge is 0.0481 e. The van der Waals surface area contributed by atoms with Gasteiger partial charge in [0, 0.05) is 22.4 Å². The molecule has 2 N–H and O–H groups in total. The second kappa shape index (κ2) is 5.78. The van der Waals surface area contributed by atoms with Crippen molar-refractivity contribution in [2.75, 3.05) is 24.7 Å². The second-order valence-electron chi connectivity index (χ2n) is 4.95. The first-order valence-corrected chi connectivity index (χ1v) is 7.37. The van der Waals surface area contributed by atoms with E-state index in [4.69, 9.17) is 0 Å². The van der Waals surface area contributed by atoms with Crippen LogP contribution in [-0.2, 0) is 0 Å². The highest BCUT2D eigenvalue weighted by Gasteiger charge is 2.18. The number of hydrogen-bond acceptors (Lipinski definition) is 3. The molecule has 0 aliphatic carbocycles. The van der Waals surface area contributed by atoms with E-state index in [2.05, 4.69) is 42.7 Å². The van der Waals surface area contributed by atoms with Gasteiger partial charge in [0.05, 0.1) is 0 Å². The molecule has 2 nitrogen and oxygen atoms in total. The van der Waals surface area contributed by atoms with E-state index in [0.717, 1.165) is 6.54 Å². The minimum Gasteiger partial charge on any atom is -0.381 e. The molecule has 0 amide bonds. The zero-order valence-corrected chi connectivity index (χ0v) is 11.7. The van der Waals surface area contributed by atoms with E-state index in [0.29, 0.717) is 12.0 Å². The van der Waals surface area contributed by atoms with Gasteiger partial charge in [0.25, 0.3) is 0 Å². The minimum absolute atomic E-state index is 0.602. The van der Waals surface area contributed by atoms with Crippen molar-refractivity contribution in [3.63, 3.8) is 0 Å². The molecule has 2 rings (SSSR count). The zero-order chi connectivity index (χ0) is 12.3. The fraction of sp³-hybridized carbons (Fsp3) is 0.571. The summed E-state index contributed by atoms with van der Waals surface area (Å²) in [4.78, 5) is 1.41. The first-order valence-electron chi connectivity index (χ1n) is 6.38. The molecule has 0 saturated carbocycles. The maximum atomic E-state index is 3.64. The van der Waals surface area contributed by atoms with E-state index in [9.17, 15) is 0 Å². The molecule has 0 saturated heterocycles. The predicted octanol–water partition coefficient (Wildman–Crippen LogP) is 3.31. The summed E-state index contributed by atoms with van der Waals surface area (Å²) in [7, 11) is 2.01. The van der Waals surface area contributed by atoms with Crippen LogP contribution < -0.4 is 10.6 Å². The van der Waals surface area contributed by atoms with Crippen LogP contribution in [0.25, 0.3) is 0 Å². The Morgan fingerprint density at radius 2 is 2.29 bits per heavy atom. The third-order valence-electron chi connectivity index (χ3n) is 3.21. The van der Waals surface area contributed by atoms with Gasteiger partial charge in [0.15, 0.2) is 0 Å². The van der Waals surface area contributed by atoms with Gasteiger partial charge in [-0.1, -0.05) is 19.9 Å². The van der Waals surface area contributed by atoms with E-state index < -0.39 is 0 Å². The largest absolute Gasteiger partial charge is 0.381 e. The lowest BCUT2D eigenvalue weighted by Gasteiger charge is -2.27. The maximum absolute atomic E-state index is 3.64. The van der Waals surface area contributed by atoms with Crippen LogP contribution in [0, 0.1) is 0 Å². The van der Waals surface area contributed by atoms with E-state index in [-0.39, 0.29) is 0 Å². The molecule has 1 aromatic rings. The van der Waals surface area contributed by atoms with Crippen LogP contribution in [0.3, 0.4) is 0 Å². The van der Waals surface area contributed by atoms with Crippen molar-refractivity contribution in [1.29, 1.82) is 0 Å². The minimum atomic E-state index is 0.602. The average molecular weight is 250 g/mol. The summed E-state index contributed by atoms with van der Waals surface area (Å²) < 4.78 is 0. The number of hydrogen-bond donors (Lipinski definition) is 2. The van der Waals surface area contributed by atoms with E-state index in [1.807, 2.05) is 18.8 Å². The molecule has 1 heterocycles. The molecule has 1 aromatic carbocycles. The van der Waals surface area contributed by atoms with Gasteiger partial charge in [-0.2, -0.15) is 0 Å². The Morgan fingerprint density at radius 1 is 1.47 bits per heavy atom. The SMILES string of the molecule is CNCCC1CSc2cc(C(C)C)ccc2N1. The van der Waals surface area contributed by atoms with Crippen LogP contribution in [0.5, 0.6) is 0 Å². The van der Waals surface area contributed by atoms with Crippen LogP contribution in [-0.4, -0.2) is 25.4 Å². The summed E-state index contributed by atoms with van der Waals surface area (Å²) in [5.74, 6) is 1.79. The first kappa shape index (κ1) is 12.8. The molecule has 0 aromatic heterocycles. The molecular weight excluding hydrogens is 228 g/mol. The number of thioether (sulfide) groups is 1. The van der Waals surface area contributed by atoms with Crippen molar-refractivity contribution in [3.8, 4) is 0 Å². The van der Waals surface area contributed by atoms with Gasteiger partial charge in [-0.3, -0.25) is 0 Å². The number of fused-ring (bicyclic) bond motifs is 1. The van der Waals surface area contributed by atoms with Gasteiger partial charge < -0.3 is 10.6 Å². The summed E-state index contributed by atoms with van der Waals surface area (Å²) in [6.07, 6.45) is 1.19. The molecule has 1 aliphatic rings. The normalized spacial score (nSPS) is 18.9. The van der Waals surface area contributed by atoms with Crippen molar-refractivity contribution >= 4 is 17.4 Å². The van der Waals surface area contributed by atoms with E-state index in [1.165, 1.54) is 28.3 Å². The van der Waals surface area contributed by atoms with Crippen LogP contribution >= 0.6 is 11.8 Å². The van der Waals surface area contributed by atoms with Gasteiger partial charge in [-0.05, 0) is 43.6 Å². The third-order valence-corrected chi connectivity index (χ3v) is 4.43. The van der Waals surface area contributed by atoms with Crippen molar-refractivity contribution in [2.24, 2.45) is 0 Å². The van der Waals surface area contributed by atoms with Crippen molar-refractivity contribution in [1.82, 2.24) is 5.32 Å². The van der Waals surface area contributed by atoms with Crippen molar-refractivity contribution < 1.29 is 0 Å². The lowest BCUT2D eigenvalue weighted by Crippen LogP contribution is -2.29. The molecule has 0 radical (unpaired) electrons. The number of rotatable bonds is 4. The van der Waals surface area contributed by atoms with Crippen LogP contribution in [0.4, 0.5) is 5.69 Å². The molecule has 0 spiro atoms. The fourth-order valence-corrected chi connectivity index (χ4v) is 3.20. The molecule has 1 unspecified atom stereocenters. The summed E-state index contributed by atoms with van der Waals surface area (Å²) in [5, 5.41) is 6.85. The molecule has 17 heavy (non-hydrogen) atoms. The topological polar surface area (TPSA) is 24.1 Å². The lowest BCUT2D eigenvalue weighted by atomic mass is 10.0. The number of nitrogens with one attached hydrogen (secondary N) is 2. The Labute approximate surface area is 109 Å². The number of anilines is 1. The predicted molar refractivity (Wildman–Crippen MR) is 77.2 cm³/mol. The highest BCUT2D eigenvalue weighted by atomic mass is 32.2. The summed E-state index contributed by atoms with van der Waals surface area (Å²) in [6, 6.07) is 7.43. The van der Waals surface area contributed by atoms with Crippen molar-refractivity contribution in [3.05, 3.63) is 23.8 Å². The van der Waals surface area contributed by atoms with Gasteiger partial charge >= 0.3 is 0 Å². The quantitative estimate of drug-likeness (QED) is 0.857. The molecule has 0 fully saturated rings. The molecular formula is C14H22N2S. The molecule has 0 bridgehead atoms. The molecule has 1 atom stereocenters. The monoisotopic (exact) mass is 250 g/mol.